The summed E-state index contributed by atoms with van der Waals surface area (Å²) in [4.78, 5) is 11.7. The fourth-order valence-electron chi connectivity index (χ4n) is 1.96. The minimum Gasteiger partial charge on any atom is -0.411 e. The van der Waals surface area contributed by atoms with Crippen LogP contribution in [-0.2, 0) is 9.53 Å². The average Bonchev–Trinajstić information content (AvgIpc) is 2.36. The van der Waals surface area contributed by atoms with E-state index in [1.165, 1.54) is 0 Å². The molecule has 0 saturated heterocycles. The number of nitrogens with one attached hydrogen (secondary N) is 1. The molecule has 0 aromatic carbocycles. The predicted molar refractivity (Wildman–Crippen MR) is 69.9 cm³/mol. The van der Waals surface area contributed by atoms with Gasteiger partial charge in [0.25, 0.3) is 0 Å². The Morgan fingerprint density at radius 2 is 2.06 bits per heavy atom. The Labute approximate surface area is 109 Å². The van der Waals surface area contributed by atoms with Crippen molar-refractivity contribution in [3.8, 4) is 0 Å². The van der Waals surface area contributed by atoms with Crippen LogP contribution in [0.5, 0.6) is 0 Å². The number of carbonyl (C=O) groups excluding carboxylic acids is 1. The SMILES string of the molecule is CC(C)CNC(=O)C(C)OC1CCC(=NO)CC1. The van der Waals surface area contributed by atoms with Gasteiger partial charge in [-0.05, 0) is 38.5 Å². The van der Waals surface area contributed by atoms with Gasteiger partial charge >= 0.3 is 0 Å². The summed E-state index contributed by atoms with van der Waals surface area (Å²) >= 11 is 0. The summed E-state index contributed by atoms with van der Waals surface area (Å²) in [6.07, 6.45) is 2.82. The lowest BCUT2D eigenvalue weighted by Crippen LogP contribution is -2.39. The largest absolute Gasteiger partial charge is 0.411 e. The summed E-state index contributed by atoms with van der Waals surface area (Å²) in [6, 6.07) is 0. The highest BCUT2D eigenvalue weighted by Gasteiger charge is 2.23. The van der Waals surface area contributed by atoms with E-state index < -0.39 is 6.10 Å². The summed E-state index contributed by atoms with van der Waals surface area (Å²) in [7, 11) is 0. The molecular weight excluding hydrogens is 232 g/mol. The first-order valence-corrected chi connectivity index (χ1v) is 6.66. The molecule has 18 heavy (non-hydrogen) atoms. The Kier molecular flexibility index (Phi) is 6.12. The molecule has 1 rings (SSSR count). The maximum atomic E-state index is 11.7. The molecule has 0 aromatic heterocycles. The van der Waals surface area contributed by atoms with Crippen molar-refractivity contribution < 1.29 is 14.7 Å². The third kappa shape index (κ3) is 5.04. The third-order valence-electron chi connectivity index (χ3n) is 3.10. The number of nitrogens with zero attached hydrogens (tertiary/aromatic N) is 1. The van der Waals surface area contributed by atoms with E-state index >= 15 is 0 Å². The van der Waals surface area contributed by atoms with Gasteiger partial charge in [-0.25, -0.2) is 0 Å². The van der Waals surface area contributed by atoms with Crippen LogP contribution in [0.15, 0.2) is 5.16 Å². The highest BCUT2D eigenvalue weighted by molar-refractivity contribution is 5.84. The predicted octanol–water partition coefficient (Wildman–Crippen LogP) is 1.94. The molecule has 0 spiro atoms. The molecule has 1 fully saturated rings. The standard InChI is InChI=1S/C13H24N2O3/c1-9(2)8-14-13(16)10(3)18-12-6-4-11(15-17)5-7-12/h9-10,12,17H,4-8H2,1-3H3,(H,14,16). The van der Waals surface area contributed by atoms with Crippen LogP contribution >= 0.6 is 0 Å². The van der Waals surface area contributed by atoms with E-state index in [4.69, 9.17) is 9.94 Å². The van der Waals surface area contributed by atoms with Gasteiger partial charge in [0.15, 0.2) is 0 Å². The second-order valence-corrected chi connectivity index (χ2v) is 5.28. The molecule has 1 unspecified atom stereocenters. The Balaban J connectivity index is 2.27. The van der Waals surface area contributed by atoms with Gasteiger partial charge in [-0.1, -0.05) is 19.0 Å². The fraction of sp³-hybridized carbons (Fsp3) is 0.846. The van der Waals surface area contributed by atoms with Crippen molar-refractivity contribution in [1.29, 1.82) is 0 Å². The maximum absolute atomic E-state index is 11.7. The Morgan fingerprint density at radius 1 is 1.44 bits per heavy atom. The van der Waals surface area contributed by atoms with Gasteiger partial charge in [0, 0.05) is 6.54 Å². The normalized spacial score (nSPS) is 21.8. The minimum atomic E-state index is -0.415. The summed E-state index contributed by atoms with van der Waals surface area (Å²) in [5.41, 5.74) is 0.826. The monoisotopic (exact) mass is 256 g/mol. The highest BCUT2D eigenvalue weighted by Crippen LogP contribution is 2.20. The molecule has 0 radical (unpaired) electrons. The molecule has 104 valence electrons. The Morgan fingerprint density at radius 3 is 2.56 bits per heavy atom. The molecule has 1 amide bonds. The van der Waals surface area contributed by atoms with Crippen molar-refractivity contribution in [2.75, 3.05) is 6.54 Å². The lowest BCUT2D eigenvalue weighted by molar-refractivity contribution is -0.136. The number of hydrogen-bond donors (Lipinski definition) is 2. The zero-order valence-electron chi connectivity index (χ0n) is 11.5. The molecule has 1 aliphatic rings. The summed E-state index contributed by atoms with van der Waals surface area (Å²) < 4.78 is 5.73. The number of oxime groups is 1. The first-order chi connectivity index (χ1) is 8.52. The molecule has 0 aromatic rings. The van der Waals surface area contributed by atoms with Gasteiger partial charge in [-0.2, -0.15) is 0 Å². The van der Waals surface area contributed by atoms with Gasteiger partial charge in [0.2, 0.25) is 5.91 Å². The van der Waals surface area contributed by atoms with Crippen LogP contribution in [0.1, 0.15) is 46.5 Å². The van der Waals surface area contributed by atoms with Crippen LogP contribution < -0.4 is 5.32 Å². The average molecular weight is 256 g/mol. The smallest absolute Gasteiger partial charge is 0.248 e. The Hall–Kier alpha value is -1.10. The van der Waals surface area contributed by atoms with Crippen LogP contribution in [0.3, 0.4) is 0 Å². The van der Waals surface area contributed by atoms with Gasteiger partial charge in [0.05, 0.1) is 11.8 Å². The number of rotatable bonds is 5. The molecule has 0 heterocycles. The quantitative estimate of drug-likeness (QED) is 0.583. The molecular formula is C13H24N2O3. The number of carbonyl (C=O) groups is 1. The molecule has 0 bridgehead atoms. The number of hydrogen-bond acceptors (Lipinski definition) is 4. The lowest BCUT2D eigenvalue weighted by Gasteiger charge is -2.25. The molecule has 1 saturated carbocycles. The number of ether oxygens (including phenoxy) is 1. The topological polar surface area (TPSA) is 70.9 Å². The maximum Gasteiger partial charge on any atom is 0.248 e. The summed E-state index contributed by atoms with van der Waals surface area (Å²) in [5, 5.41) is 14.7. The van der Waals surface area contributed by atoms with Gasteiger partial charge in [-0.3, -0.25) is 4.79 Å². The summed E-state index contributed by atoms with van der Waals surface area (Å²) in [5.74, 6) is 0.393. The second-order valence-electron chi connectivity index (χ2n) is 5.28. The van der Waals surface area contributed by atoms with E-state index in [0.717, 1.165) is 31.4 Å². The van der Waals surface area contributed by atoms with E-state index in [2.05, 4.69) is 24.3 Å². The first kappa shape index (κ1) is 15.0. The van der Waals surface area contributed by atoms with E-state index in [9.17, 15) is 4.79 Å². The third-order valence-corrected chi connectivity index (χ3v) is 3.10. The van der Waals surface area contributed by atoms with Crippen LogP contribution in [-0.4, -0.2) is 35.6 Å². The van der Waals surface area contributed by atoms with Crippen LogP contribution in [0.4, 0.5) is 0 Å². The molecule has 0 aliphatic heterocycles. The zero-order chi connectivity index (χ0) is 13.5. The van der Waals surface area contributed by atoms with Crippen LogP contribution in [0.25, 0.3) is 0 Å². The van der Waals surface area contributed by atoms with Crippen molar-refractivity contribution in [2.24, 2.45) is 11.1 Å². The van der Waals surface area contributed by atoms with Crippen molar-refractivity contribution in [3.05, 3.63) is 0 Å². The van der Waals surface area contributed by atoms with Crippen molar-refractivity contribution in [1.82, 2.24) is 5.32 Å². The molecule has 5 heteroatoms. The zero-order valence-corrected chi connectivity index (χ0v) is 11.5. The molecule has 5 nitrogen and oxygen atoms in total. The molecule has 1 atom stereocenters. The number of amides is 1. The Bertz CT molecular complexity index is 293. The van der Waals surface area contributed by atoms with Gasteiger partial charge < -0.3 is 15.3 Å². The van der Waals surface area contributed by atoms with E-state index in [1.54, 1.807) is 6.92 Å². The van der Waals surface area contributed by atoms with E-state index in [0.29, 0.717) is 12.5 Å². The molecule has 1 aliphatic carbocycles. The van der Waals surface area contributed by atoms with Crippen LogP contribution in [0, 0.1) is 5.92 Å². The van der Waals surface area contributed by atoms with Crippen molar-refractivity contribution in [2.45, 2.75) is 58.7 Å². The summed E-state index contributed by atoms with van der Waals surface area (Å²) in [6.45, 7) is 6.58. The van der Waals surface area contributed by atoms with Gasteiger partial charge in [0.1, 0.15) is 6.10 Å². The lowest BCUT2D eigenvalue weighted by atomic mass is 9.96. The molecule has 2 N–H and O–H groups in total. The van der Waals surface area contributed by atoms with Crippen molar-refractivity contribution in [3.63, 3.8) is 0 Å². The fourth-order valence-corrected chi connectivity index (χ4v) is 1.96. The van der Waals surface area contributed by atoms with Crippen LogP contribution in [0.2, 0.25) is 0 Å². The first-order valence-electron chi connectivity index (χ1n) is 6.66. The van der Waals surface area contributed by atoms with Crippen molar-refractivity contribution >= 4 is 11.6 Å². The van der Waals surface area contributed by atoms with E-state index in [-0.39, 0.29) is 12.0 Å². The second kappa shape index (κ2) is 7.36. The van der Waals surface area contributed by atoms with Gasteiger partial charge in [-0.15, -0.1) is 0 Å². The minimum absolute atomic E-state index is 0.0506. The van der Waals surface area contributed by atoms with E-state index in [1.807, 2.05) is 0 Å². The highest BCUT2D eigenvalue weighted by atomic mass is 16.5.